The normalized spacial score (nSPS) is 27.8. The van der Waals surface area contributed by atoms with Gasteiger partial charge in [0.05, 0.1) is 23.4 Å². The van der Waals surface area contributed by atoms with Crippen LogP contribution < -0.4 is 20.9 Å². The highest BCUT2D eigenvalue weighted by atomic mass is 16.5. The van der Waals surface area contributed by atoms with Crippen LogP contribution in [0.5, 0.6) is 0 Å². The Balaban J connectivity index is 1.30. The standard InChI is InChI=1S/C23H32N6O2/c1-2-24-23(30)28-16-5-3-15(4-6-16)27-21-12-17(11-20-22(21)26-10-9-25-20)29-13-18-7-8-19(14-29)31-18/h9-12,15-16,18-19,27H,2-8,13-14H2,1H3,(H2,24,28,30)/t15-,16+,18?,19?. The summed E-state index contributed by atoms with van der Waals surface area (Å²) in [6, 6.07) is 4.95. The van der Waals surface area contributed by atoms with Crippen LogP contribution in [0.1, 0.15) is 45.4 Å². The van der Waals surface area contributed by atoms with Gasteiger partial charge in [-0.15, -0.1) is 0 Å². The zero-order valence-electron chi connectivity index (χ0n) is 18.1. The van der Waals surface area contributed by atoms with Gasteiger partial charge >= 0.3 is 6.03 Å². The van der Waals surface area contributed by atoms with Gasteiger partial charge in [0.2, 0.25) is 0 Å². The van der Waals surface area contributed by atoms with E-state index in [0.29, 0.717) is 24.8 Å². The molecule has 3 aliphatic rings. The molecule has 166 valence electrons. The SMILES string of the molecule is CCNC(=O)N[C@H]1CC[C@@H](Nc2cc(N3CC4CCC(C3)O4)cc3nccnc23)CC1. The number of hydrogen-bond acceptors (Lipinski definition) is 6. The number of urea groups is 1. The molecule has 1 aromatic heterocycles. The van der Waals surface area contributed by atoms with Crippen molar-refractivity contribution in [1.29, 1.82) is 0 Å². The van der Waals surface area contributed by atoms with Crippen LogP contribution in [0.2, 0.25) is 0 Å². The molecule has 3 heterocycles. The number of nitrogens with one attached hydrogen (secondary N) is 3. The highest BCUT2D eigenvalue weighted by Crippen LogP contribution is 2.34. The van der Waals surface area contributed by atoms with Crippen molar-refractivity contribution in [2.75, 3.05) is 29.9 Å². The molecule has 0 radical (unpaired) electrons. The van der Waals surface area contributed by atoms with E-state index in [1.807, 2.05) is 6.92 Å². The van der Waals surface area contributed by atoms with Gasteiger partial charge < -0.3 is 25.6 Å². The van der Waals surface area contributed by atoms with Crippen LogP contribution in [0.15, 0.2) is 24.5 Å². The van der Waals surface area contributed by atoms with Crippen molar-refractivity contribution in [3.8, 4) is 0 Å². The van der Waals surface area contributed by atoms with Gasteiger partial charge in [0, 0.05) is 49.8 Å². The fourth-order valence-electron chi connectivity index (χ4n) is 5.18. The topological polar surface area (TPSA) is 91.4 Å². The number of rotatable bonds is 5. The number of aromatic nitrogens is 2. The molecule has 31 heavy (non-hydrogen) atoms. The van der Waals surface area contributed by atoms with Crippen molar-refractivity contribution >= 4 is 28.4 Å². The van der Waals surface area contributed by atoms with Gasteiger partial charge in [-0.25, -0.2) is 4.79 Å². The molecule has 8 heteroatoms. The molecule has 1 saturated carbocycles. The van der Waals surface area contributed by atoms with Gasteiger partial charge in [-0.3, -0.25) is 9.97 Å². The minimum Gasteiger partial charge on any atom is -0.380 e. The van der Waals surface area contributed by atoms with E-state index < -0.39 is 0 Å². The average molecular weight is 425 g/mol. The van der Waals surface area contributed by atoms with Crippen molar-refractivity contribution in [3.63, 3.8) is 0 Å². The lowest BCUT2D eigenvalue weighted by Crippen LogP contribution is -2.44. The monoisotopic (exact) mass is 424 g/mol. The number of ether oxygens (including phenoxy) is 1. The smallest absolute Gasteiger partial charge is 0.314 e. The van der Waals surface area contributed by atoms with Gasteiger partial charge in [0.15, 0.2) is 0 Å². The molecule has 2 aromatic rings. The Labute approximate surface area is 183 Å². The van der Waals surface area contributed by atoms with Gasteiger partial charge in [0.25, 0.3) is 0 Å². The molecule has 1 aliphatic carbocycles. The summed E-state index contributed by atoms with van der Waals surface area (Å²) < 4.78 is 6.02. The first-order chi connectivity index (χ1) is 15.2. The van der Waals surface area contributed by atoms with Crippen LogP contribution >= 0.6 is 0 Å². The number of amides is 2. The molecule has 2 unspecified atom stereocenters. The van der Waals surface area contributed by atoms with E-state index in [9.17, 15) is 4.79 Å². The summed E-state index contributed by atoms with van der Waals surface area (Å²) in [4.78, 5) is 23.5. The first kappa shape index (κ1) is 20.3. The third-order valence-electron chi connectivity index (χ3n) is 6.73. The summed E-state index contributed by atoms with van der Waals surface area (Å²) >= 11 is 0. The van der Waals surface area contributed by atoms with Gasteiger partial charge in [-0.2, -0.15) is 0 Å². The van der Waals surface area contributed by atoms with E-state index >= 15 is 0 Å². The van der Waals surface area contributed by atoms with E-state index in [2.05, 4.69) is 43.0 Å². The molecule has 2 atom stereocenters. The molecular formula is C23H32N6O2. The fraction of sp³-hybridized carbons (Fsp3) is 0.609. The molecule has 1 aromatic carbocycles. The Kier molecular flexibility index (Phi) is 5.80. The number of nitrogens with zero attached hydrogens (tertiary/aromatic N) is 3. The summed E-state index contributed by atoms with van der Waals surface area (Å²) in [7, 11) is 0. The summed E-state index contributed by atoms with van der Waals surface area (Å²) in [6.07, 6.45) is 10.5. The zero-order chi connectivity index (χ0) is 21.2. The van der Waals surface area contributed by atoms with Crippen LogP contribution in [0.3, 0.4) is 0 Å². The van der Waals surface area contributed by atoms with Gasteiger partial charge in [-0.05, 0) is 57.6 Å². The first-order valence-corrected chi connectivity index (χ1v) is 11.6. The van der Waals surface area contributed by atoms with Crippen LogP contribution in [0.25, 0.3) is 11.0 Å². The van der Waals surface area contributed by atoms with Gasteiger partial charge in [0.1, 0.15) is 5.52 Å². The average Bonchev–Trinajstić information content (AvgIpc) is 3.12. The van der Waals surface area contributed by atoms with Crippen molar-refractivity contribution in [3.05, 3.63) is 24.5 Å². The van der Waals surface area contributed by atoms with E-state index in [1.54, 1.807) is 12.4 Å². The fourth-order valence-corrected chi connectivity index (χ4v) is 5.18. The lowest BCUT2D eigenvalue weighted by molar-refractivity contribution is 0.0305. The van der Waals surface area contributed by atoms with Crippen LogP contribution in [0.4, 0.5) is 16.2 Å². The maximum Gasteiger partial charge on any atom is 0.314 e. The van der Waals surface area contributed by atoms with E-state index in [1.165, 1.54) is 5.69 Å². The second kappa shape index (κ2) is 8.86. The van der Waals surface area contributed by atoms with Crippen molar-refractivity contribution in [1.82, 2.24) is 20.6 Å². The quantitative estimate of drug-likeness (QED) is 0.683. The van der Waals surface area contributed by atoms with Gasteiger partial charge in [-0.1, -0.05) is 0 Å². The third kappa shape index (κ3) is 4.54. The number of carbonyl (C=O) groups excluding carboxylic acids is 1. The Morgan fingerprint density at radius 2 is 1.74 bits per heavy atom. The van der Waals surface area contributed by atoms with Crippen LogP contribution in [-0.2, 0) is 4.74 Å². The Hall–Kier alpha value is -2.61. The van der Waals surface area contributed by atoms with E-state index in [0.717, 1.165) is 68.3 Å². The molecule has 2 saturated heterocycles. The lowest BCUT2D eigenvalue weighted by Gasteiger charge is -2.34. The molecule has 3 N–H and O–H groups in total. The molecule has 2 amide bonds. The first-order valence-electron chi connectivity index (χ1n) is 11.6. The molecule has 5 rings (SSSR count). The number of anilines is 2. The number of morpholine rings is 1. The predicted octanol–water partition coefficient (Wildman–Crippen LogP) is 3.04. The third-order valence-corrected chi connectivity index (χ3v) is 6.73. The maximum absolute atomic E-state index is 11.8. The van der Waals surface area contributed by atoms with Crippen molar-refractivity contribution in [2.45, 2.75) is 69.7 Å². The minimum atomic E-state index is -0.0626. The highest BCUT2D eigenvalue weighted by Gasteiger charge is 2.34. The second-order valence-corrected chi connectivity index (χ2v) is 8.98. The zero-order valence-corrected chi connectivity index (χ0v) is 18.1. The lowest BCUT2D eigenvalue weighted by atomic mass is 9.91. The summed E-state index contributed by atoms with van der Waals surface area (Å²) in [6.45, 7) is 4.47. The number of fused-ring (bicyclic) bond motifs is 3. The van der Waals surface area contributed by atoms with Crippen molar-refractivity contribution in [2.24, 2.45) is 0 Å². The van der Waals surface area contributed by atoms with Crippen LogP contribution in [0, 0.1) is 0 Å². The van der Waals surface area contributed by atoms with Crippen LogP contribution in [-0.4, -0.2) is 59.9 Å². The molecule has 8 nitrogen and oxygen atoms in total. The second-order valence-electron chi connectivity index (χ2n) is 8.98. The summed E-state index contributed by atoms with van der Waals surface area (Å²) in [5.41, 5.74) is 4.10. The highest BCUT2D eigenvalue weighted by molar-refractivity contribution is 5.91. The Morgan fingerprint density at radius 1 is 1.03 bits per heavy atom. The molecule has 2 bridgehead atoms. The molecule has 0 spiro atoms. The molecular weight excluding hydrogens is 392 g/mol. The largest absolute Gasteiger partial charge is 0.380 e. The van der Waals surface area contributed by atoms with E-state index in [-0.39, 0.29) is 12.1 Å². The summed E-state index contributed by atoms with van der Waals surface area (Å²) in [5.74, 6) is 0. The Morgan fingerprint density at radius 3 is 2.48 bits per heavy atom. The number of hydrogen-bond donors (Lipinski definition) is 3. The van der Waals surface area contributed by atoms with E-state index in [4.69, 9.17) is 4.74 Å². The minimum absolute atomic E-state index is 0.0626. The molecule has 2 aliphatic heterocycles. The number of benzene rings is 1. The molecule has 3 fully saturated rings. The predicted molar refractivity (Wildman–Crippen MR) is 122 cm³/mol. The number of carbonyl (C=O) groups is 1. The van der Waals surface area contributed by atoms with Crippen molar-refractivity contribution < 1.29 is 9.53 Å². The maximum atomic E-state index is 11.8. The Bertz CT molecular complexity index is 917. The summed E-state index contributed by atoms with van der Waals surface area (Å²) in [5, 5.41) is 9.65.